The van der Waals surface area contributed by atoms with Crippen LogP contribution < -0.4 is 31.9 Å². The summed E-state index contributed by atoms with van der Waals surface area (Å²) in [5, 5.41) is 17.8. The van der Waals surface area contributed by atoms with Crippen molar-refractivity contribution in [3.05, 3.63) is 144 Å². The molecule has 0 aliphatic carbocycles. The zero-order valence-corrected chi connectivity index (χ0v) is 88.6. The molecular formula is C113H182N6O28. The summed E-state index contributed by atoms with van der Waals surface area (Å²) in [6.45, 7) is 14.0. The number of rotatable bonds is 108. The van der Waals surface area contributed by atoms with Gasteiger partial charge in [-0.1, -0.05) is 198 Å². The van der Waals surface area contributed by atoms with Crippen molar-refractivity contribution >= 4 is 58.9 Å². The molecule has 4 aromatic carbocycles. The SMILES string of the molecule is O=C(CCCCCCCNC(=O)CCOCC(COCCC(=O)NCCCCCCCC(=O)CCCOCCOCCOCCCc1ccccc1)(COCCC(=O)NCCCCCCCC(=O)NCCOCCOCCOCCC(=O)OCc1ccccc1)COCCC(=O)NCCCCCCCC(=O)NCCOCCOCCOCCC(=O)OCc1ccccc1)CCCOCCOCCOCCCc1ccccc1. The van der Waals surface area contributed by atoms with Crippen LogP contribution in [0.2, 0.25) is 0 Å². The van der Waals surface area contributed by atoms with Crippen molar-refractivity contribution in [2.75, 3.05) is 251 Å². The van der Waals surface area contributed by atoms with Gasteiger partial charge in [0.15, 0.2) is 0 Å². The summed E-state index contributed by atoms with van der Waals surface area (Å²) < 4.78 is 103. The maximum atomic E-state index is 13.2. The number of carbonyl (C=O) groups is 10. The number of aryl methyl sites for hydroxylation is 2. The second-order valence-corrected chi connectivity index (χ2v) is 36.5. The fourth-order valence-electron chi connectivity index (χ4n) is 15.0. The minimum absolute atomic E-state index is 0.0151. The molecule has 34 nitrogen and oxygen atoms in total. The van der Waals surface area contributed by atoms with Gasteiger partial charge in [-0.3, -0.25) is 47.9 Å². The maximum absolute atomic E-state index is 13.2. The summed E-state index contributed by atoms with van der Waals surface area (Å²) in [5.41, 5.74) is 3.46. The smallest absolute Gasteiger partial charge is 0.308 e. The van der Waals surface area contributed by atoms with Gasteiger partial charge in [-0.05, 0) is 112 Å². The largest absolute Gasteiger partial charge is 0.461 e. The van der Waals surface area contributed by atoms with Gasteiger partial charge in [0.25, 0.3) is 0 Å². The zero-order chi connectivity index (χ0) is 105. The number of hydrogen-bond donors (Lipinski definition) is 6. The Bertz CT molecular complexity index is 3580. The van der Waals surface area contributed by atoms with Crippen molar-refractivity contribution in [3.63, 3.8) is 0 Å². The van der Waals surface area contributed by atoms with Crippen molar-refractivity contribution < 1.29 is 133 Å². The monoisotopic (exact) mass is 2070 g/mol. The first-order valence-electron chi connectivity index (χ1n) is 54.6. The highest BCUT2D eigenvalue weighted by Crippen LogP contribution is 2.23. The van der Waals surface area contributed by atoms with Gasteiger partial charge in [0.1, 0.15) is 24.8 Å². The van der Waals surface area contributed by atoms with Crippen LogP contribution in [0.3, 0.4) is 0 Å². The van der Waals surface area contributed by atoms with E-state index in [2.05, 4.69) is 56.2 Å². The highest BCUT2D eigenvalue weighted by molar-refractivity contribution is 5.79. The predicted octanol–water partition coefficient (Wildman–Crippen LogP) is 14.1. The number of ether oxygens (including phenoxy) is 18. The Labute approximate surface area is 876 Å². The number of esters is 2. The van der Waals surface area contributed by atoms with Gasteiger partial charge in [0.05, 0.1) is 203 Å². The van der Waals surface area contributed by atoms with E-state index in [1.807, 2.05) is 97.1 Å². The molecule has 4 rings (SSSR count). The van der Waals surface area contributed by atoms with Gasteiger partial charge in [-0.25, -0.2) is 0 Å². The summed E-state index contributed by atoms with van der Waals surface area (Å²) in [6.07, 6.45) is 25.7. The Morgan fingerprint density at radius 1 is 0.177 bits per heavy atom. The summed E-state index contributed by atoms with van der Waals surface area (Å²) in [7, 11) is 0. The molecule has 0 saturated carbocycles. The van der Waals surface area contributed by atoms with Crippen LogP contribution in [0.1, 0.15) is 253 Å². The number of amides is 6. The fraction of sp³-hybridized carbons (Fsp3) is 0.699. The van der Waals surface area contributed by atoms with Crippen molar-refractivity contribution in [2.45, 2.75) is 257 Å². The van der Waals surface area contributed by atoms with Crippen LogP contribution in [-0.4, -0.2) is 310 Å². The van der Waals surface area contributed by atoms with Crippen LogP contribution in [0.15, 0.2) is 121 Å². The number of benzene rings is 4. The topological polar surface area (TPSA) is 409 Å². The molecule has 0 bridgehead atoms. The van der Waals surface area contributed by atoms with Crippen LogP contribution >= 0.6 is 0 Å². The highest BCUT2D eigenvalue weighted by atomic mass is 16.6. The molecule has 34 heteroatoms. The zero-order valence-electron chi connectivity index (χ0n) is 88.6. The van der Waals surface area contributed by atoms with Crippen LogP contribution in [0.25, 0.3) is 0 Å². The lowest BCUT2D eigenvalue weighted by molar-refractivity contribution is -0.147. The lowest BCUT2D eigenvalue weighted by Crippen LogP contribution is -2.43. The molecule has 0 atom stereocenters. The summed E-state index contributed by atoms with van der Waals surface area (Å²) in [5.74, 6) is -0.983. The molecule has 0 aliphatic heterocycles. The van der Waals surface area contributed by atoms with Crippen molar-refractivity contribution in [1.82, 2.24) is 31.9 Å². The van der Waals surface area contributed by atoms with Gasteiger partial charge in [-0.2, -0.15) is 0 Å². The highest BCUT2D eigenvalue weighted by Gasteiger charge is 2.33. The third-order valence-corrected chi connectivity index (χ3v) is 23.4. The third kappa shape index (κ3) is 85.7. The molecular weight excluding hydrogens is 1890 g/mol. The Kier molecular flexibility index (Phi) is 87.1. The van der Waals surface area contributed by atoms with Crippen molar-refractivity contribution in [1.29, 1.82) is 0 Å². The standard InChI is InChI=1S/C113H182N6O28/c120-103(49-35-67-132-79-87-138-85-77-130-65-33-45-99-37-17-13-18-38-99)47-25-5-1-9-29-59-114-107(124)53-69-142-95-113(96-143-70-54-108(125)115-60-30-10-2-6-26-48-104(121)50-36-68-133-80-88-139-86-78-131-66-34-46-100-39-19-14-20-40-100,97-144-71-55-109(126)116-61-31-11-3-7-27-51-105(122)118-63-75-136-83-91-140-89-81-134-73-57-111(128)146-93-101-41-21-15-22-42-101)98-145-72-56-110(127)117-62-32-12-4-8-28-52-106(123)119-64-76-137-84-92-141-90-82-135-74-58-112(129)147-94-102-43-23-16-24-44-102/h13-24,37-44H,1-12,25-36,45-98H2,(H,114,124)(H,115,125)(H,116,126)(H,117,127)(H,118,122)(H,119,123). The summed E-state index contributed by atoms with van der Waals surface area (Å²) in [4.78, 5) is 127. The fourth-order valence-corrected chi connectivity index (χ4v) is 15.0. The molecule has 6 amide bonds. The molecule has 0 aromatic heterocycles. The lowest BCUT2D eigenvalue weighted by atomic mass is 9.92. The molecule has 0 saturated heterocycles. The van der Waals surface area contributed by atoms with E-state index in [0.717, 1.165) is 165 Å². The first-order valence-corrected chi connectivity index (χ1v) is 54.6. The van der Waals surface area contributed by atoms with Crippen LogP contribution in [0.5, 0.6) is 0 Å². The van der Waals surface area contributed by atoms with E-state index in [1.165, 1.54) is 11.1 Å². The Morgan fingerprint density at radius 2 is 0.388 bits per heavy atom. The van der Waals surface area contributed by atoms with E-state index in [4.69, 9.17) is 85.3 Å². The molecule has 0 fully saturated rings. The van der Waals surface area contributed by atoms with Gasteiger partial charge in [-0.15, -0.1) is 0 Å². The molecule has 147 heavy (non-hydrogen) atoms. The molecule has 0 unspecified atom stereocenters. The van der Waals surface area contributed by atoms with Gasteiger partial charge >= 0.3 is 11.9 Å². The second kappa shape index (κ2) is 98.1. The van der Waals surface area contributed by atoms with Gasteiger partial charge in [0, 0.05) is 130 Å². The number of nitrogens with one attached hydrogen (secondary N) is 6. The molecule has 0 heterocycles. The predicted molar refractivity (Wildman–Crippen MR) is 563 cm³/mol. The van der Waals surface area contributed by atoms with E-state index >= 15 is 0 Å². The Morgan fingerprint density at radius 3 is 0.680 bits per heavy atom. The van der Waals surface area contributed by atoms with E-state index < -0.39 is 5.41 Å². The van der Waals surface area contributed by atoms with Gasteiger partial charge < -0.3 is 117 Å². The van der Waals surface area contributed by atoms with E-state index in [1.54, 1.807) is 0 Å². The number of carbonyl (C=O) groups excluding carboxylic acids is 10. The van der Waals surface area contributed by atoms with E-state index in [-0.39, 0.29) is 177 Å². The number of hydrogen-bond acceptors (Lipinski definition) is 28. The average molecular weight is 2070 g/mol. The molecule has 832 valence electrons. The first-order chi connectivity index (χ1) is 72.3. The molecule has 0 aliphatic rings. The van der Waals surface area contributed by atoms with E-state index in [9.17, 15) is 47.9 Å². The molecule has 6 N–H and O–H groups in total. The van der Waals surface area contributed by atoms with E-state index in [0.29, 0.717) is 236 Å². The Hall–Kier alpha value is -8.66. The van der Waals surface area contributed by atoms with Gasteiger partial charge in [0.2, 0.25) is 35.4 Å². The Balaban J connectivity index is 1.17. The number of unbranched alkanes of at least 4 members (excludes halogenated alkanes) is 16. The average Bonchev–Trinajstić information content (AvgIpc) is 0.862. The number of Topliss-reactive ketones (excluding diaryl/α,β-unsaturated/α-hetero) is 2. The van der Waals surface area contributed by atoms with Crippen LogP contribution in [-0.2, 0) is 159 Å². The van der Waals surface area contributed by atoms with Crippen LogP contribution in [0, 0.1) is 5.41 Å². The molecule has 0 radical (unpaired) electrons. The maximum Gasteiger partial charge on any atom is 0.308 e. The quantitative estimate of drug-likeness (QED) is 0.0177. The minimum Gasteiger partial charge on any atom is -0.461 e. The number of ketones is 2. The van der Waals surface area contributed by atoms with Crippen molar-refractivity contribution in [2.24, 2.45) is 5.41 Å². The normalized spacial score (nSPS) is 11.4. The third-order valence-electron chi connectivity index (χ3n) is 23.4. The minimum atomic E-state index is -1.01. The lowest BCUT2D eigenvalue weighted by Gasteiger charge is -2.33. The van der Waals surface area contributed by atoms with Crippen LogP contribution in [0.4, 0.5) is 0 Å². The first kappa shape index (κ1) is 131. The summed E-state index contributed by atoms with van der Waals surface area (Å²) in [6, 6.07) is 39.7. The summed E-state index contributed by atoms with van der Waals surface area (Å²) >= 11 is 0. The second-order valence-electron chi connectivity index (χ2n) is 36.5. The molecule has 4 aromatic rings. The van der Waals surface area contributed by atoms with Crippen molar-refractivity contribution in [3.8, 4) is 0 Å². The molecule has 0 spiro atoms.